The highest BCUT2D eigenvalue weighted by molar-refractivity contribution is 7.26. The number of furan rings is 1. The van der Waals surface area contributed by atoms with Crippen LogP contribution in [0.25, 0.3) is 97.9 Å². The molecule has 0 fully saturated rings. The van der Waals surface area contributed by atoms with Gasteiger partial charge in [0, 0.05) is 32.0 Å². The summed E-state index contributed by atoms with van der Waals surface area (Å²) in [6.07, 6.45) is 0. The van der Waals surface area contributed by atoms with Gasteiger partial charge < -0.3 is 4.42 Å². The summed E-state index contributed by atoms with van der Waals surface area (Å²) < 4.78 is 8.74. The number of thiophene rings is 1. The van der Waals surface area contributed by atoms with E-state index in [2.05, 4.69) is 140 Å². The van der Waals surface area contributed by atoms with E-state index in [0.717, 1.165) is 65.5 Å². The van der Waals surface area contributed by atoms with Crippen LogP contribution in [0.3, 0.4) is 0 Å². The fourth-order valence-electron chi connectivity index (χ4n) is 6.93. The van der Waals surface area contributed by atoms with E-state index < -0.39 is 0 Å². The van der Waals surface area contributed by atoms with E-state index in [1.165, 1.54) is 26.6 Å². The minimum atomic E-state index is 0.698. The molecule has 3 nitrogen and oxygen atoms in total. The summed E-state index contributed by atoms with van der Waals surface area (Å²) in [5.74, 6) is 0.698. The Morgan fingerprint density at radius 2 is 1.12 bits per heavy atom. The fourth-order valence-corrected chi connectivity index (χ4v) is 8.08. The first-order chi connectivity index (χ1) is 23.8. The van der Waals surface area contributed by atoms with E-state index in [-0.39, 0.29) is 0 Å². The van der Waals surface area contributed by atoms with Gasteiger partial charge in [-0.25, -0.2) is 9.97 Å². The fraction of sp³-hybridized carbons (Fsp3) is 0. The number of aromatic nitrogens is 2. The molecule has 0 N–H and O–H groups in total. The van der Waals surface area contributed by atoms with Crippen molar-refractivity contribution in [1.29, 1.82) is 0 Å². The van der Waals surface area contributed by atoms with Gasteiger partial charge in [-0.15, -0.1) is 11.3 Å². The first kappa shape index (κ1) is 27.1. The smallest absolute Gasteiger partial charge is 0.161 e. The van der Waals surface area contributed by atoms with Crippen molar-refractivity contribution >= 4 is 64.4 Å². The third-order valence-electron chi connectivity index (χ3n) is 9.28. The molecule has 10 aromatic rings. The van der Waals surface area contributed by atoms with Crippen LogP contribution < -0.4 is 0 Å². The highest BCUT2D eigenvalue weighted by atomic mass is 32.1. The molecule has 0 aliphatic heterocycles. The molecule has 0 radical (unpaired) electrons. The first-order valence-corrected chi connectivity index (χ1v) is 16.9. The second kappa shape index (κ2) is 10.7. The summed E-state index contributed by atoms with van der Waals surface area (Å²) in [6.45, 7) is 0. The molecular weight excluding hydrogens is 605 g/mol. The lowest BCUT2D eigenvalue weighted by atomic mass is 9.96. The Labute approximate surface area is 280 Å². The average molecular weight is 631 g/mol. The maximum Gasteiger partial charge on any atom is 0.161 e. The number of fused-ring (bicyclic) bond motifs is 7. The van der Waals surface area contributed by atoms with Gasteiger partial charge in [0.15, 0.2) is 5.82 Å². The third kappa shape index (κ3) is 4.34. The van der Waals surface area contributed by atoms with Crippen molar-refractivity contribution < 1.29 is 4.42 Å². The molecule has 0 unspecified atom stereocenters. The average Bonchev–Trinajstić information content (AvgIpc) is 3.73. The lowest BCUT2D eigenvalue weighted by Gasteiger charge is -2.09. The predicted octanol–water partition coefficient (Wildman–Crippen LogP) is 12.6. The lowest BCUT2D eigenvalue weighted by Crippen LogP contribution is -1.94. The zero-order valence-electron chi connectivity index (χ0n) is 25.7. The van der Waals surface area contributed by atoms with Gasteiger partial charge in [-0.05, 0) is 69.4 Å². The largest absolute Gasteiger partial charge is 0.456 e. The maximum absolute atomic E-state index is 6.44. The summed E-state index contributed by atoms with van der Waals surface area (Å²) in [6, 6.07) is 55.5. The first-order valence-electron chi connectivity index (χ1n) is 16.1. The maximum atomic E-state index is 6.44. The molecule has 7 aromatic carbocycles. The van der Waals surface area contributed by atoms with Crippen LogP contribution in [0.15, 0.2) is 162 Å². The van der Waals surface area contributed by atoms with E-state index >= 15 is 0 Å². The quantitative estimate of drug-likeness (QED) is 0.194. The van der Waals surface area contributed by atoms with Gasteiger partial charge in [-0.1, -0.05) is 121 Å². The SMILES string of the molecule is c1ccc(-c2ccc3cc(-c4ccc5oc6cccc(-c7nc(-c8ccccc8)c8sc9ccccc9c8n7)c6c5c4)ccc3c2)cc1. The highest BCUT2D eigenvalue weighted by Crippen LogP contribution is 2.42. The van der Waals surface area contributed by atoms with Crippen LogP contribution >= 0.6 is 11.3 Å². The molecule has 4 heteroatoms. The van der Waals surface area contributed by atoms with Crippen molar-refractivity contribution in [1.82, 2.24) is 9.97 Å². The molecule has 224 valence electrons. The molecule has 0 aliphatic rings. The second-order valence-corrected chi connectivity index (χ2v) is 13.2. The van der Waals surface area contributed by atoms with Crippen LogP contribution in [0.5, 0.6) is 0 Å². The van der Waals surface area contributed by atoms with Crippen LogP contribution in [-0.4, -0.2) is 9.97 Å². The van der Waals surface area contributed by atoms with Gasteiger partial charge >= 0.3 is 0 Å². The molecule has 0 amide bonds. The molecule has 0 aliphatic carbocycles. The Bertz CT molecular complexity index is 2830. The van der Waals surface area contributed by atoms with Crippen LogP contribution in [-0.2, 0) is 0 Å². The number of hydrogen-bond donors (Lipinski definition) is 0. The van der Waals surface area contributed by atoms with Crippen molar-refractivity contribution in [2.75, 3.05) is 0 Å². The zero-order valence-corrected chi connectivity index (χ0v) is 26.5. The summed E-state index contributed by atoms with van der Waals surface area (Å²) in [5.41, 5.74) is 10.4. The Kier molecular flexibility index (Phi) is 6.05. The molecule has 0 saturated carbocycles. The van der Waals surface area contributed by atoms with Crippen molar-refractivity contribution in [2.24, 2.45) is 0 Å². The second-order valence-electron chi connectivity index (χ2n) is 12.2. The lowest BCUT2D eigenvalue weighted by molar-refractivity contribution is 0.669. The predicted molar refractivity (Wildman–Crippen MR) is 201 cm³/mol. The summed E-state index contributed by atoms with van der Waals surface area (Å²) in [5, 5.41) is 5.67. The van der Waals surface area contributed by atoms with E-state index in [1.54, 1.807) is 11.3 Å². The van der Waals surface area contributed by atoms with E-state index in [0.29, 0.717) is 5.82 Å². The molecular formula is C44H26N2OS. The summed E-state index contributed by atoms with van der Waals surface area (Å²) in [7, 11) is 0. The van der Waals surface area contributed by atoms with Crippen molar-refractivity contribution in [3.63, 3.8) is 0 Å². The normalized spacial score (nSPS) is 11.8. The summed E-state index contributed by atoms with van der Waals surface area (Å²) in [4.78, 5) is 10.5. The number of hydrogen-bond acceptors (Lipinski definition) is 4. The topological polar surface area (TPSA) is 38.9 Å². The highest BCUT2D eigenvalue weighted by Gasteiger charge is 2.20. The molecule has 0 saturated heterocycles. The molecule has 10 rings (SSSR count). The van der Waals surface area contributed by atoms with Crippen LogP contribution in [0.4, 0.5) is 0 Å². The van der Waals surface area contributed by atoms with Gasteiger partial charge in [-0.2, -0.15) is 0 Å². The van der Waals surface area contributed by atoms with E-state index in [4.69, 9.17) is 14.4 Å². The van der Waals surface area contributed by atoms with E-state index in [1.807, 2.05) is 18.2 Å². The van der Waals surface area contributed by atoms with Gasteiger partial charge in [0.2, 0.25) is 0 Å². The van der Waals surface area contributed by atoms with Gasteiger partial charge in [-0.3, -0.25) is 0 Å². The van der Waals surface area contributed by atoms with Crippen molar-refractivity contribution in [3.05, 3.63) is 158 Å². The Balaban J connectivity index is 1.15. The Hall–Kier alpha value is -6.10. The van der Waals surface area contributed by atoms with Crippen LogP contribution in [0.2, 0.25) is 0 Å². The number of benzene rings is 7. The van der Waals surface area contributed by atoms with Crippen molar-refractivity contribution in [3.8, 4) is 44.9 Å². The number of nitrogens with zero attached hydrogens (tertiary/aromatic N) is 2. The molecule has 48 heavy (non-hydrogen) atoms. The standard InChI is InChI=1S/C44H26N2OS/c1-3-10-27(11-4-1)29-18-19-31-25-32(21-20-30(31)24-29)33-22-23-37-36(26-33)40-35(15-9-16-38(40)47-37)44-45-41(28-12-5-2-6-13-28)43-42(46-44)34-14-7-8-17-39(34)48-43/h1-26H. The number of rotatable bonds is 4. The third-order valence-corrected chi connectivity index (χ3v) is 10.5. The summed E-state index contributed by atoms with van der Waals surface area (Å²) >= 11 is 1.75. The Morgan fingerprint density at radius 3 is 1.92 bits per heavy atom. The molecule has 0 bridgehead atoms. The minimum absolute atomic E-state index is 0.698. The van der Waals surface area contributed by atoms with Crippen molar-refractivity contribution in [2.45, 2.75) is 0 Å². The molecule has 3 heterocycles. The van der Waals surface area contributed by atoms with Gasteiger partial charge in [0.1, 0.15) is 11.2 Å². The molecule has 3 aromatic heterocycles. The molecule has 0 atom stereocenters. The van der Waals surface area contributed by atoms with E-state index in [9.17, 15) is 0 Å². The van der Waals surface area contributed by atoms with Crippen LogP contribution in [0.1, 0.15) is 0 Å². The van der Waals surface area contributed by atoms with Gasteiger partial charge in [0.25, 0.3) is 0 Å². The molecule has 0 spiro atoms. The Morgan fingerprint density at radius 1 is 0.458 bits per heavy atom. The minimum Gasteiger partial charge on any atom is -0.456 e. The van der Waals surface area contributed by atoms with Crippen LogP contribution in [0, 0.1) is 0 Å². The zero-order chi connectivity index (χ0) is 31.6. The monoisotopic (exact) mass is 630 g/mol. The van der Waals surface area contributed by atoms with Gasteiger partial charge in [0.05, 0.1) is 15.9 Å².